The van der Waals surface area contributed by atoms with E-state index in [9.17, 15) is 0 Å². The molecule has 0 N–H and O–H groups in total. The summed E-state index contributed by atoms with van der Waals surface area (Å²) in [5, 5.41) is 0. The van der Waals surface area contributed by atoms with Gasteiger partial charge in [0.05, 0.1) is 0 Å². The Morgan fingerprint density at radius 2 is 1.36 bits per heavy atom. The van der Waals surface area contributed by atoms with Gasteiger partial charge in [-0.15, -0.1) is 0 Å². The van der Waals surface area contributed by atoms with Gasteiger partial charge in [0.1, 0.15) is 0 Å². The quantitative estimate of drug-likeness (QED) is 0.530. The summed E-state index contributed by atoms with van der Waals surface area (Å²) in [5.74, 6) is 0. The van der Waals surface area contributed by atoms with Gasteiger partial charge in [0, 0.05) is 0 Å². The Morgan fingerprint density at radius 1 is 0.909 bits per heavy atom. The first-order valence-corrected chi connectivity index (χ1v) is 4.41. The van der Waals surface area contributed by atoms with E-state index >= 15 is 0 Å². The molecule has 11 heavy (non-hydrogen) atoms. The van der Waals surface area contributed by atoms with E-state index < -0.39 is 0 Å². The van der Waals surface area contributed by atoms with Crippen molar-refractivity contribution in [1.29, 1.82) is 0 Å². The van der Waals surface area contributed by atoms with Crippen LogP contribution in [0.25, 0.3) is 0 Å². The maximum atomic E-state index is 3.78. The van der Waals surface area contributed by atoms with Crippen molar-refractivity contribution in [3.63, 3.8) is 0 Å². The molecule has 0 aliphatic rings. The Kier molecular flexibility index (Phi) is 37.7. The van der Waals surface area contributed by atoms with E-state index in [1.807, 2.05) is 0 Å². The molecule has 0 nitrogen and oxygen atoms in total. The monoisotopic (exact) mass is 295 g/mol. The third-order valence-electron chi connectivity index (χ3n) is 1.35. The molecule has 0 spiro atoms. The van der Waals surface area contributed by atoms with Crippen LogP contribution in [0, 0.1) is 63.2 Å². The van der Waals surface area contributed by atoms with E-state index in [4.69, 9.17) is 0 Å². The summed E-state index contributed by atoms with van der Waals surface area (Å²) in [4.78, 5) is 0. The number of rotatable bonds is 5. The van der Waals surface area contributed by atoms with E-state index in [1.165, 1.54) is 32.1 Å². The van der Waals surface area contributed by atoms with Gasteiger partial charge in [-0.25, -0.2) is 0 Å². The Labute approximate surface area is 114 Å². The molecule has 0 aromatic heterocycles. The first-order valence-electron chi connectivity index (χ1n) is 4.41. The van der Waals surface area contributed by atoms with Crippen LogP contribution >= 0.6 is 0 Å². The smallest absolute Gasteiger partial charge is 0.346 e. The maximum absolute atomic E-state index is 3.78. The molecular weight excluding hydrogens is 272 g/mol. The Balaban J connectivity index is -0.000000196. The molecule has 0 aromatic carbocycles. The third kappa shape index (κ3) is 24.5. The summed E-state index contributed by atoms with van der Waals surface area (Å²) >= 11 is 0. The zero-order valence-corrected chi connectivity index (χ0v) is 10.5. The SMILES string of the molecule is [CH2-]C.[CH2-]CCCCCCC.[Eu+2]. The van der Waals surface area contributed by atoms with Crippen molar-refractivity contribution in [2.24, 2.45) is 0 Å². The summed E-state index contributed by atoms with van der Waals surface area (Å²) in [7, 11) is 0. The fourth-order valence-corrected chi connectivity index (χ4v) is 0.780. The minimum Gasteiger partial charge on any atom is -0.346 e. The van der Waals surface area contributed by atoms with E-state index in [0.29, 0.717) is 0 Å². The standard InChI is InChI=1S/C8H17.C2H5.Eu/c1-3-5-7-8-6-4-2;1-2;/h1,3-8H2,2H3;1H2,2H3;/q2*-1;+2. The molecule has 69 valence electrons. The number of hydrogen-bond donors (Lipinski definition) is 0. The van der Waals surface area contributed by atoms with Crippen molar-refractivity contribution in [2.75, 3.05) is 0 Å². The van der Waals surface area contributed by atoms with Gasteiger partial charge < -0.3 is 13.8 Å². The Hall–Kier alpha value is 1.58. The van der Waals surface area contributed by atoms with Crippen molar-refractivity contribution in [2.45, 2.75) is 52.4 Å². The number of unbranched alkanes of at least 4 members (excludes halogenated alkanes) is 5. The normalized spacial score (nSPS) is 7.64. The molecule has 0 atom stereocenters. The molecule has 0 aliphatic heterocycles. The molecule has 0 fully saturated rings. The zero-order chi connectivity index (χ0) is 8.24. The van der Waals surface area contributed by atoms with Crippen LogP contribution in [0.5, 0.6) is 0 Å². The predicted octanol–water partition coefficient (Wildman–Crippen LogP) is 4.02. The molecule has 0 saturated carbocycles. The van der Waals surface area contributed by atoms with Crippen LogP contribution in [0.4, 0.5) is 0 Å². The van der Waals surface area contributed by atoms with Gasteiger partial charge in [-0.2, -0.15) is 13.3 Å². The molecular formula is C10H22Eu. The second kappa shape index (κ2) is 22.6. The Morgan fingerprint density at radius 3 is 1.73 bits per heavy atom. The first kappa shape index (κ1) is 18.4. The largest absolute Gasteiger partial charge is 2.00 e. The maximum Gasteiger partial charge on any atom is 2.00 e. The van der Waals surface area contributed by atoms with E-state index in [1.54, 1.807) is 6.92 Å². The van der Waals surface area contributed by atoms with Gasteiger partial charge in [0.2, 0.25) is 0 Å². The first-order chi connectivity index (χ1) is 4.91. The van der Waals surface area contributed by atoms with Crippen LogP contribution in [-0.4, -0.2) is 0 Å². The summed E-state index contributed by atoms with van der Waals surface area (Å²) in [6.45, 7) is 11.0. The fraction of sp³-hybridized carbons (Fsp3) is 0.800. The average Bonchev–Trinajstić information content (AvgIpc) is 2.02. The average molecular weight is 294 g/mol. The van der Waals surface area contributed by atoms with Crippen LogP contribution in [0.15, 0.2) is 0 Å². The van der Waals surface area contributed by atoms with Crippen molar-refractivity contribution >= 4 is 0 Å². The second-order valence-corrected chi connectivity index (χ2v) is 2.27. The number of hydrogen-bond acceptors (Lipinski definition) is 0. The second-order valence-electron chi connectivity index (χ2n) is 2.27. The zero-order valence-electron chi connectivity index (χ0n) is 8.03. The summed E-state index contributed by atoms with van der Waals surface area (Å²) in [5.41, 5.74) is 0. The molecule has 0 aliphatic carbocycles. The minimum absolute atomic E-state index is 0. The van der Waals surface area contributed by atoms with Crippen molar-refractivity contribution < 1.29 is 49.4 Å². The predicted molar refractivity (Wildman–Crippen MR) is 49.8 cm³/mol. The van der Waals surface area contributed by atoms with Crippen molar-refractivity contribution in [1.82, 2.24) is 0 Å². The van der Waals surface area contributed by atoms with E-state index in [2.05, 4.69) is 20.8 Å². The summed E-state index contributed by atoms with van der Waals surface area (Å²) < 4.78 is 0. The van der Waals surface area contributed by atoms with Crippen molar-refractivity contribution in [3.8, 4) is 0 Å². The van der Waals surface area contributed by atoms with Gasteiger partial charge in [-0.3, -0.25) is 0 Å². The third-order valence-corrected chi connectivity index (χ3v) is 1.35. The van der Waals surface area contributed by atoms with E-state index in [0.717, 1.165) is 6.42 Å². The minimum atomic E-state index is 0. The van der Waals surface area contributed by atoms with Gasteiger partial charge >= 0.3 is 49.4 Å². The van der Waals surface area contributed by atoms with E-state index in [-0.39, 0.29) is 49.4 Å². The molecule has 0 aromatic rings. The topological polar surface area (TPSA) is 0 Å². The van der Waals surface area contributed by atoms with Gasteiger partial charge in [0.25, 0.3) is 0 Å². The summed E-state index contributed by atoms with van der Waals surface area (Å²) in [6, 6.07) is 0. The molecule has 0 bridgehead atoms. The van der Waals surface area contributed by atoms with Crippen molar-refractivity contribution in [3.05, 3.63) is 13.8 Å². The van der Waals surface area contributed by atoms with Crippen LogP contribution < -0.4 is 0 Å². The molecule has 0 saturated heterocycles. The molecule has 1 radical (unpaired) electrons. The van der Waals surface area contributed by atoms with Gasteiger partial charge in [0.15, 0.2) is 0 Å². The van der Waals surface area contributed by atoms with Crippen LogP contribution in [0.3, 0.4) is 0 Å². The van der Waals surface area contributed by atoms with Gasteiger partial charge in [-0.1, -0.05) is 39.0 Å². The van der Waals surface area contributed by atoms with Crippen LogP contribution in [0.2, 0.25) is 0 Å². The molecule has 0 rings (SSSR count). The molecule has 0 unspecified atom stereocenters. The van der Waals surface area contributed by atoms with Gasteiger partial charge in [-0.05, 0) is 0 Å². The van der Waals surface area contributed by atoms with Crippen LogP contribution in [-0.2, 0) is 0 Å². The Bertz CT molecular complexity index is 29.9. The van der Waals surface area contributed by atoms with Crippen LogP contribution in [0.1, 0.15) is 52.4 Å². The molecule has 1 heteroatoms. The summed E-state index contributed by atoms with van der Waals surface area (Å²) in [6.07, 6.45) is 7.98. The fourth-order valence-electron chi connectivity index (χ4n) is 0.780. The molecule has 0 amide bonds. The molecule has 0 heterocycles.